The lowest BCUT2D eigenvalue weighted by Gasteiger charge is -2.10. The molecule has 0 spiro atoms. The van der Waals surface area contributed by atoms with Crippen molar-refractivity contribution in [3.8, 4) is 11.5 Å². The molecule has 0 radical (unpaired) electrons. The number of carbonyl (C=O) groups excluding carboxylic acids is 1. The molecule has 23 heavy (non-hydrogen) atoms. The number of nitrogens with zero attached hydrogens (tertiary/aromatic N) is 1. The van der Waals surface area contributed by atoms with Crippen molar-refractivity contribution in [3.05, 3.63) is 74.9 Å². The van der Waals surface area contributed by atoms with Gasteiger partial charge in [-0.15, -0.1) is 0 Å². The number of esters is 1. The highest BCUT2D eigenvalue weighted by Crippen LogP contribution is 2.30. The Morgan fingerprint density at radius 2 is 1.96 bits per heavy atom. The van der Waals surface area contributed by atoms with Gasteiger partial charge in [0.05, 0.1) is 22.6 Å². The molecular weight excluding hydrogens is 322 g/mol. The Hall–Kier alpha value is -2.86. The molecule has 0 aliphatic rings. The summed E-state index contributed by atoms with van der Waals surface area (Å²) in [5.74, 6) is -0.158. The van der Waals surface area contributed by atoms with E-state index in [4.69, 9.17) is 21.1 Å². The van der Waals surface area contributed by atoms with Crippen LogP contribution in [0.2, 0.25) is 5.02 Å². The molecule has 118 valence electrons. The Labute approximate surface area is 137 Å². The van der Waals surface area contributed by atoms with Crippen molar-refractivity contribution < 1.29 is 19.2 Å². The fourth-order valence-electron chi connectivity index (χ4n) is 1.80. The Balaban J connectivity index is 2.24. The van der Waals surface area contributed by atoms with Gasteiger partial charge in [-0.25, -0.2) is 4.79 Å². The number of nitro groups is 1. The van der Waals surface area contributed by atoms with Crippen LogP contribution in [0.1, 0.15) is 15.9 Å². The van der Waals surface area contributed by atoms with Crippen molar-refractivity contribution in [2.24, 2.45) is 0 Å². The molecule has 2 aromatic carbocycles. The lowest BCUT2D eigenvalue weighted by molar-refractivity contribution is -0.400. The van der Waals surface area contributed by atoms with Gasteiger partial charge in [0.2, 0.25) is 6.20 Å². The highest BCUT2D eigenvalue weighted by Gasteiger charge is 2.15. The van der Waals surface area contributed by atoms with Gasteiger partial charge in [0, 0.05) is 6.08 Å². The third kappa shape index (κ3) is 4.31. The molecule has 0 aliphatic heterocycles. The second-order valence-electron chi connectivity index (χ2n) is 4.38. The number of rotatable bonds is 5. The minimum Gasteiger partial charge on any atom is -0.493 e. The predicted molar refractivity (Wildman–Crippen MR) is 85.4 cm³/mol. The normalized spacial score (nSPS) is 10.5. The summed E-state index contributed by atoms with van der Waals surface area (Å²) in [5.41, 5.74) is 0.768. The summed E-state index contributed by atoms with van der Waals surface area (Å²) in [4.78, 5) is 21.9. The topological polar surface area (TPSA) is 78.7 Å². The first-order valence-corrected chi connectivity index (χ1v) is 6.85. The monoisotopic (exact) mass is 333 g/mol. The zero-order chi connectivity index (χ0) is 16.8. The number of benzene rings is 2. The van der Waals surface area contributed by atoms with Gasteiger partial charge >= 0.3 is 5.97 Å². The molecule has 2 rings (SSSR count). The Morgan fingerprint density at radius 3 is 2.61 bits per heavy atom. The molecule has 0 saturated heterocycles. The van der Waals surface area contributed by atoms with Crippen LogP contribution in [-0.2, 0) is 0 Å². The van der Waals surface area contributed by atoms with Gasteiger partial charge in [0.25, 0.3) is 0 Å². The summed E-state index contributed by atoms with van der Waals surface area (Å²) in [5, 5.41) is 10.6. The highest BCUT2D eigenvalue weighted by atomic mass is 35.5. The fourth-order valence-corrected chi connectivity index (χ4v) is 2.01. The van der Waals surface area contributed by atoms with Crippen LogP contribution < -0.4 is 9.47 Å². The van der Waals surface area contributed by atoms with Crippen molar-refractivity contribution in [1.82, 2.24) is 0 Å². The van der Waals surface area contributed by atoms with Crippen molar-refractivity contribution >= 4 is 23.6 Å². The lowest BCUT2D eigenvalue weighted by Crippen LogP contribution is -2.09. The van der Waals surface area contributed by atoms with Gasteiger partial charge in [-0.2, -0.15) is 0 Å². The number of carbonyl (C=O) groups is 1. The predicted octanol–water partition coefficient (Wildman–Crippen LogP) is 3.82. The van der Waals surface area contributed by atoms with Gasteiger partial charge in [-0.3, -0.25) is 10.1 Å². The van der Waals surface area contributed by atoms with Crippen LogP contribution in [0, 0.1) is 10.1 Å². The fraction of sp³-hybridized carbons (Fsp3) is 0.0625. The Morgan fingerprint density at radius 1 is 1.22 bits per heavy atom. The number of hydrogen-bond donors (Lipinski definition) is 0. The van der Waals surface area contributed by atoms with Gasteiger partial charge < -0.3 is 9.47 Å². The zero-order valence-corrected chi connectivity index (χ0v) is 12.8. The smallest absolute Gasteiger partial charge is 0.345 e. The molecule has 6 nitrogen and oxygen atoms in total. The van der Waals surface area contributed by atoms with Gasteiger partial charge in [-0.05, 0) is 29.8 Å². The first-order valence-electron chi connectivity index (χ1n) is 6.47. The second kappa shape index (κ2) is 7.42. The van der Waals surface area contributed by atoms with Crippen molar-refractivity contribution in [2.75, 3.05) is 7.11 Å². The maximum Gasteiger partial charge on any atom is 0.345 e. The quantitative estimate of drug-likeness (QED) is 0.360. The summed E-state index contributed by atoms with van der Waals surface area (Å²) in [7, 11) is 1.41. The zero-order valence-electron chi connectivity index (χ0n) is 12.1. The molecule has 0 aromatic heterocycles. The van der Waals surface area contributed by atoms with E-state index in [9.17, 15) is 14.9 Å². The van der Waals surface area contributed by atoms with Crippen LogP contribution in [0.5, 0.6) is 11.5 Å². The molecule has 2 aromatic rings. The Kier molecular flexibility index (Phi) is 5.32. The van der Waals surface area contributed by atoms with E-state index in [0.29, 0.717) is 5.56 Å². The number of ether oxygens (including phenoxy) is 2. The SMILES string of the molecule is COc1cc(/C=C/[N+](=O)[O-])ccc1OC(=O)c1ccccc1Cl. The lowest BCUT2D eigenvalue weighted by atomic mass is 10.2. The minimum absolute atomic E-state index is 0.190. The Bertz CT molecular complexity index is 773. The molecule has 0 bridgehead atoms. The maximum atomic E-state index is 12.1. The summed E-state index contributed by atoms with van der Waals surface area (Å²) in [6.45, 7) is 0. The molecule has 0 atom stereocenters. The second-order valence-corrected chi connectivity index (χ2v) is 4.79. The maximum absolute atomic E-state index is 12.1. The largest absolute Gasteiger partial charge is 0.493 e. The molecule has 0 amide bonds. The van der Waals surface area contributed by atoms with E-state index in [1.54, 1.807) is 30.3 Å². The van der Waals surface area contributed by atoms with E-state index in [-0.39, 0.29) is 22.1 Å². The van der Waals surface area contributed by atoms with Crippen molar-refractivity contribution in [3.63, 3.8) is 0 Å². The van der Waals surface area contributed by atoms with E-state index in [1.807, 2.05) is 0 Å². The molecule has 0 unspecified atom stereocenters. The van der Waals surface area contributed by atoms with Gasteiger partial charge in [0.15, 0.2) is 11.5 Å². The van der Waals surface area contributed by atoms with Crippen LogP contribution in [0.3, 0.4) is 0 Å². The third-order valence-electron chi connectivity index (χ3n) is 2.87. The summed E-state index contributed by atoms with van der Waals surface area (Å²) in [6.07, 6.45) is 2.12. The van der Waals surface area contributed by atoms with Crippen LogP contribution in [0.4, 0.5) is 0 Å². The number of halogens is 1. The molecular formula is C16H12ClNO5. The standard InChI is InChI=1S/C16H12ClNO5/c1-22-15-10-11(8-9-18(20)21)6-7-14(15)23-16(19)12-4-2-3-5-13(12)17/h2-10H,1H3/b9-8+. The molecule has 0 fully saturated rings. The van der Waals surface area contributed by atoms with Crippen LogP contribution in [0.15, 0.2) is 48.7 Å². The summed E-state index contributed by atoms with van der Waals surface area (Å²) < 4.78 is 10.4. The van der Waals surface area contributed by atoms with E-state index in [2.05, 4.69) is 0 Å². The first-order chi connectivity index (χ1) is 11.0. The summed E-state index contributed by atoms with van der Waals surface area (Å²) in [6, 6.07) is 11.1. The molecule has 0 saturated carbocycles. The van der Waals surface area contributed by atoms with Crippen molar-refractivity contribution in [2.45, 2.75) is 0 Å². The molecule has 0 heterocycles. The molecule has 7 heteroatoms. The van der Waals surface area contributed by atoms with E-state index in [0.717, 1.165) is 6.20 Å². The molecule has 0 N–H and O–H groups in total. The molecule has 0 aliphatic carbocycles. The number of hydrogen-bond acceptors (Lipinski definition) is 5. The average molecular weight is 334 g/mol. The minimum atomic E-state index is -0.623. The van der Waals surface area contributed by atoms with Gasteiger partial charge in [0.1, 0.15) is 0 Å². The van der Waals surface area contributed by atoms with E-state index < -0.39 is 10.9 Å². The number of methoxy groups -OCH3 is 1. The first kappa shape index (κ1) is 16.5. The van der Waals surface area contributed by atoms with Gasteiger partial charge in [-0.1, -0.05) is 29.8 Å². The summed E-state index contributed by atoms with van der Waals surface area (Å²) >= 11 is 5.95. The van der Waals surface area contributed by atoms with E-state index in [1.165, 1.54) is 25.3 Å². The van der Waals surface area contributed by atoms with Crippen LogP contribution in [-0.4, -0.2) is 18.0 Å². The van der Waals surface area contributed by atoms with Crippen LogP contribution in [0.25, 0.3) is 6.08 Å². The van der Waals surface area contributed by atoms with Crippen molar-refractivity contribution in [1.29, 1.82) is 0 Å². The third-order valence-corrected chi connectivity index (χ3v) is 3.20. The van der Waals surface area contributed by atoms with E-state index >= 15 is 0 Å². The highest BCUT2D eigenvalue weighted by molar-refractivity contribution is 6.33. The van der Waals surface area contributed by atoms with Crippen LogP contribution >= 0.6 is 11.6 Å². The average Bonchev–Trinajstić information content (AvgIpc) is 2.54.